The number of hydrogen-bond donors (Lipinski definition) is 2. The van der Waals surface area contributed by atoms with Crippen LogP contribution < -0.4 is 10.0 Å². The minimum atomic E-state index is -3.37. The van der Waals surface area contributed by atoms with E-state index in [2.05, 4.69) is 30.8 Å². The monoisotopic (exact) mass is 284 g/mol. The highest BCUT2D eigenvalue weighted by Gasteiger charge is 2.14. The van der Waals surface area contributed by atoms with Gasteiger partial charge in [0.05, 0.1) is 4.90 Å². The smallest absolute Gasteiger partial charge is 0.240 e. The molecule has 0 radical (unpaired) electrons. The molecular formula is C14H24N2O2S. The second-order valence-corrected chi connectivity index (χ2v) is 6.59. The normalized spacial score (nSPS) is 12.1. The van der Waals surface area contributed by atoms with E-state index < -0.39 is 10.0 Å². The molecule has 19 heavy (non-hydrogen) atoms. The fourth-order valence-electron chi connectivity index (χ4n) is 1.87. The van der Waals surface area contributed by atoms with E-state index in [1.165, 1.54) is 5.56 Å². The molecule has 4 nitrogen and oxygen atoms in total. The van der Waals surface area contributed by atoms with Crippen LogP contribution in [0.2, 0.25) is 0 Å². The molecular weight excluding hydrogens is 260 g/mol. The van der Waals surface area contributed by atoms with Gasteiger partial charge in [-0.1, -0.05) is 33.8 Å². The summed E-state index contributed by atoms with van der Waals surface area (Å²) >= 11 is 0. The lowest BCUT2D eigenvalue weighted by Crippen LogP contribution is -2.25. The molecule has 0 aliphatic rings. The van der Waals surface area contributed by atoms with Crippen LogP contribution in [-0.2, 0) is 23.0 Å². The molecule has 0 aliphatic carbocycles. The van der Waals surface area contributed by atoms with Crippen LogP contribution in [0, 0.1) is 0 Å². The topological polar surface area (TPSA) is 58.2 Å². The Labute approximate surface area is 116 Å². The molecule has 0 amide bonds. The maximum atomic E-state index is 12.0. The van der Waals surface area contributed by atoms with Gasteiger partial charge >= 0.3 is 0 Å². The van der Waals surface area contributed by atoms with Gasteiger partial charge in [0, 0.05) is 19.1 Å². The van der Waals surface area contributed by atoms with Gasteiger partial charge in [0.2, 0.25) is 10.0 Å². The number of benzene rings is 1. The molecule has 0 heterocycles. The minimum Gasteiger partial charge on any atom is -0.310 e. The summed E-state index contributed by atoms with van der Waals surface area (Å²) in [7, 11) is -3.37. The van der Waals surface area contributed by atoms with Crippen molar-refractivity contribution in [2.75, 3.05) is 6.54 Å². The molecule has 0 saturated heterocycles. The van der Waals surface area contributed by atoms with Crippen molar-refractivity contribution in [3.05, 3.63) is 29.3 Å². The zero-order chi connectivity index (χ0) is 14.5. The molecule has 5 heteroatoms. The summed E-state index contributed by atoms with van der Waals surface area (Å²) < 4.78 is 26.5. The molecule has 0 saturated carbocycles. The third kappa shape index (κ3) is 4.60. The van der Waals surface area contributed by atoms with Crippen molar-refractivity contribution >= 4 is 10.0 Å². The van der Waals surface area contributed by atoms with Gasteiger partial charge in [0.1, 0.15) is 0 Å². The van der Waals surface area contributed by atoms with Crippen molar-refractivity contribution in [2.45, 2.75) is 51.6 Å². The molecule has 0 bridgehead atoms. The Morgan fingerprint density at radius 3 is 2.37 bits per heavy atom. The summed E-state index contributed by atoms with van der Waals surface area (Å²) in [6.07, 6.45) is 0.899. The second-order valence-electron chi connectivity index (χ2n) is 4.82. The summed E-state index contributed by atoms with van der Waals surface area (Å²) in [5, 5.41) is 3.33. The van der Waals surface area contributed by atoms with E-state index in [1.807, 2.05) is 6.07 Å². The first kappa shape index (κ1) is 16.1. The third-order valence-corrected chi connectivity index (χ3v) is 4.45. The maximum absolute atomic E-state index is 12.0. The summed E-state index contributed by atoms with van der Waals surface area (Å²) in [4.78, 5) is 0.340. The fraction of sp³-hybridized carbons (Fsp3) is 0.571. The highest BCUT2D eigenvalue weighted by molar-refractivity contribution is 7.89. The molecule has 0 spiro atoms. The van der Waals surface area contributed by atoms with Crippen LogP contribution in [0.1, 0.15) is 38.8 Å². The SMILES string of the molecule is CCNS(=O)(=O)c1ccc(CC)c(CNC(C)C)c1. The van der Waals surface area contributed by atoms with Crippen molar-refractivity contribution in [1.29, 1.82) is 0 Å². The van der Waals surface area contributed by atoms with E-state index in [0.717, 1.165) is 12.0 Å². The Hall–Kier alpha value is -0.910. The number of nitrogens with one attached hydrogen (secondary N) is 2. The molecule has 0 fully saturated rings. The van der Waals surface area contributed by atoms with Gasteiger partial charge in [-0.25, -0.2) is 13.1 Å². The maximum Gasteiger partial charge on any atom is 0.240 e. The number of sulfonamides is 1. The first-order valence-electron chi connectivity index (χ1n) is 6.75. The number of rotatable bonds is 7. The first-order valence-corrected chi connectivity index (χ1v) is 8.23. The van der Waals surface area contributed by atoms with Gasteiger partial charge in [0.15, 0.2) is 0 Å². The van der Waals surface area contributed by atoms with Crippen LogP contribution in [0.5, 0.6) is 0 Å². The Kier molecular flexibility index (Phi) is 5.97. The second kappa shape index (κ2) is 7.03. The predicted molar refractivity (Wildman–Crippen MR) is 78.7 cm³/mol. The van der Waals surface area contributed by atoms with Crippen molar-refractivity contribution in [3.8, 4) is 0 Å². The average Bonchev–Trinajstić information content (AvgIpc) is 2.35. The van der Waals surface area contributed by atoms with E-state index in [9.17, 15) is 8.42 Å². The summed E-state index contributed by atoms with van der Waals surface area (Å²) in [6.45, 7) is 9.09. The summed E-state index contributed by atoms with van der Waals surface area (Å²) in [5.41, 5.74) is 2.23. The lowest BCUT2D eigenvalue weighted by atomic mass is 10.1. The Morgan fingerprint density at radius 1 is 1.16 bits per heavy atom. The zero-order valence-corrected chi connectivity index (χ0v) is 13.0. The molecule has 0 aliphatic heterocycles. The fourth-order valence-corrected chi connectivity index (χ4v) is 2.96. The molecule has 0 atom stereocenters. The predicted octanol–water partition coefficient (Wildman–Crippen LogP) is 2.05. The molecule has 108 valence electrons. The van der Waals surface area contributed by atoms with E-state index in [-0.39, 0.29) is 0 Å². The average molecular weight is 284 g/mol. The molecule has 1 aromatic carbocycles. The van der Waals surface area contributed by atoms with Crippen LogP contribution in [0.3, 0.4) is 0 Å². The van der Waals surface area contributed by atoms with Gasteiger partial charge in [-0.3, -0.25) is 0 Å². The van der Waals surface area contributed by atoms with Crippen LogP contribution in [-0.4, -0.2) is 21.0 Å². The molecule has 1 rings (SSSR count). The van der Waals surface area contributed by atoms with Crippen LogP contribution in [0.4, 0.5) is 0 Å². The number of aryl methyl sites for hydroxylation is 1. The van der Waals surface area contributed by atoms with Gasteiger partial charge in [0.25, 0.3) is 0 Å². The van der Waals surface area contributed by atoms with Gasteiger partial charge in [-0.2, -0.15) is 0 Å². The van der Waals surface area contributed by atoms with Crippen molar-refractivity contribution < 1.29 is 8.42 Å². The Balaban J connectivity index is 3.07. The first-order chi connectivity index (χ1) is 8.90. The Morgan fingerprint density at radius 2 is 1.84 bits per heavy atom. The van der Waals surface area contributed by atoms with E-state index in [4.69, 9.17) is 0 Å². The van der Waals surface area contributed by atoms with Crippen molar-refractivity contribution in [2.24, 2.45) is 0 Å². The largest absolute Gasteiger partial charge is 0.310 e. The van der Waals surface area contributed by atoms with Crippen LogP contribution >= 0.6 is 0 Å². The number of hydrogen-bond acceptors (Lipinski definition) is 3. The van der Waals surface area contributed by atoms with Crippen molar-refractivity contribution in [3.63, 3.8) is 0 Å². The summed E-state index contributed by atoms with van der Waals surface area (Å²) in [5.74, 6) is 0. The van der Waals surface area contributed by atoms with E-state index in [1.54, 1.807) is 19.1 Å². The lowest BCUT2D eigenvalue weighted by molar-refractivity contribution is 0.579. The molecule has 2 N–H and O–H groups in total. The van der Waals surface area contributed by atoms with E-state index in [0.29, 0.717) is 24.0 Å². The molecule has 0 aromatic heterocycles. The van der Waals surface area contributed by atoms with Gasteiger partial charge in [-0.15, -0.1) is 0 Å². The minimum absolute atomic E-state index is 0.340. The lowest BCUT2D eigenvalue weighted by Gasteiger charge is -2.14. The van der Waals surface area contributed by atoms with Gasteiger partial charge in [-0.05, 0) is 29.7 Å². The van der Waals surface area contributed by atoms with Crippen molar-refractivity contribution in [1.82, 2.24) is 10.0 Å². The standard InChI is InChI=1S/C14H24N2O2S/c1-5-12-7-8-14(19(17,18)16-6-2)9-13(12)10-15-11(3)4/h7-9,11,15-16H,5-6,10H2,1-4H3. The quantitative estimate of drug-likeness (QED) is 0.805. The third-order valence-electron chi connectivity index (χ3n) is 2.90. The van der Waals surface area contributed by atoms with Crippen LogP contribution in [0.15, 0.2) is 23.1 Å². The summed E-state index contributed by atoms with van der Waals surface area (Å²) in [6, 6.07) is 5.72. The molecule has 0 unspecified atom stereocenters. The van der Waals surface area contributed by atoms with E-state index >= 15 is 0 Å². The Bertz CT molecular complexity index is 510. The van der Waals surface area contributed by atoms with Crippen LogP contribution in [0.25, 0.3) is 0 Å². The van der Waals surface area contributed by atoms with Gasteiger partial charge < -0.3 is 5.32 Å². The zero-order valence-electron chi connectivity index (χ0n) is 12.2. The molecule has 1 aromatic rings. The highest BCUT2D eigenvalue weighted by atomic mass is 32.2. The highest BCUT2D eigenvalue weighted by Crippen LogP contribution is 2.17.